The van der Waals surface area contributed by atoms with E-state index in [-0.39, 0.29) is 0 Å². The van der Waals surface area contributed by atoms with E-state index in [2.05, 4.69) is 64.8 Å². The average Bonchev–Trinajstić information content (AvgIpc) is 2.17. The normalized spacial score (nSPS) is 10.6. The molecule has 0 aliphatic heterocycles. The van der Waals surface area contributed by atoms with Gasteiger partial charge in [0.25, 0.3) is 0 Å². The monoisotopic (exact) mass is 283 g/mol. The second-order valence-corrected chi connectivity index (χ2v) is 3.90. The van der Waals surface area contributed by atoms with Crippen LogP contribution in [0.4, 0.5) is 0 Å². The van der Waals surface area contributed by atoms with Crippen molar-refractivity contribution in [1.82, 2.24) is 4.98 Å². The van der Waals surface area contributed by atoms with Gasteiger partial charge in [-0.2, -0.15) is 0 Å². The van der Waals surface area contributed by atoms with Crippen molar-refractivity contribution in [2.45, 2.75) is 11.4 Å². The lowest BCUT2D eigenvalue weighted by atomic mass is 10.1. The standard InChI is InChI=1S/C11H10IN/c1-8-2-5-11-9(6-8)3-4-10(7-12)13-11/h2-6H,7H2,1H3. The highest BCUT2D eigenvalue weighted by atomic mass is 127. The van der Waals surface area contributed by atoms with E-state index >= 15 is 0 Å². The molecule has 66 valence electrons. The first-order chi connectivity index (χ1) is 6.29. The Balaban J connectivity index is 2.66. The summed E-state index contributed by atoms with van der Waals surface area (Å²) in [7, 11) is 0. The molecule has 0 unspecified atom stereocenters. The maximum Gasteiger partial charge on any atom is 0.0705 e. The predicted molar refractivity (Wildman–Crippen MR) is 64.2 cm³/mol. The molecule has 0 fully saturated rings. The molecule has 13 heavy (non-hydrogen) atoms. The molecule has 0 radical (unpaired) electrons. The number of benzene rings is 1. The van der Waals surface area contributed by atoms with Crippen LogP contribution in [-0.4, -0.2) is 4.98 Å². The highest BCUT2D eigenvalue weighted by molar-refractivity contribution is 14.1. The lowest BCUT2D eigenvalue weighted by molar-refractivity contribution is 1.24. The molecule has 0 aliphatic rings. The number of alkyl halides is 1. The SMILES string of the molecule is Cc1ccc2nc(CI)ccc2c1. The number of nitrogens with zero attached hydrogens (tertiary/aromatic N) is 1. The molecule has 2 rings (SSSR count). The zero-order chi connectivity index (χ0) is 9.26. The minimum atomic E-state index is 0.974. The molecule has 2 heteroatoms. The van der Waals surface area contributed by atoms with Crippen molar-refractivity contribution in [1.29, 1.82) is 0 Å². The summed E-state index contributed by atoms with van der Waals surface area (Å²) < 4.78 is 0.974. The molecular weight excluding hydrogens is 273 g/mol. The van der Waals surface area contributed by atoms with Gasteiger partial charge in [0.1, 0.15) is 0 Å². The van der Waals surface area contributed by atoms with E-state index in [4.69, 9.17) is 0 Å². The average molecular weight is 283 g/mol. The van der Waals surface area contributed by atoms with Crippen molar-refractivity contribution >= 4 is 33.5 Å². The number of aromatic nitrogens is 1. The fourth-order valence-electron chi connectivity index (χ4n) is 1.36. The third-order valence-corrected chi connectivity index (χ3v) is 2.82. The maximum atomic E-state index is 4.53. The number of hydrogen-bond acceptors (Lipinski definition) is 1. The van der Waals surface area contributed by atoms with E-state index in [1.54, 1.807) is 0 Å². The molecule has 0 saturated heterocycles. The van der Waals surface area contributed by atoms with Gasteiger partial charge in [0.2, 0.25) is 0 Å². The molecule has 2 aromatic rings. The molecule has 1 aromatic heterocycles. The van der Waals surface area contributed by atoms with Crippen molar-refractivity contribution in [3.8, 4) is 0 Å². The van der Waals surface area contributed by atoms with E-state index in [1.807, 2.05) is 0 Å². The van der Waals surface area contributed by atoms with Crippen LogP contribution in [0.5, 0.6) is 0 Å². The first-order valence-corrected chi connectivity index (χ1v) is 5.74. The molecule has 0 bridgehead atoms. The van der Waals surface area contributed by atoms with Crippen LogP contribution in [0.1, 0.15) is 11.3 Å². The Morgan fingerprint density at radius 2 is 2.08 bits per heavy atom. The van der Waals surface area contributed by atoms with Gasteiger partial charge in [0, 0.05) is 9.81 Å². The van der Waals surface area contributed by atoms with Crippen molar-refractivity contribution in [2.24, 2.45) is 0 Å². The van der Waals surface area contributed by atoms with E-state index in [9.17, 15) is 0 Å². The molecule has 0 N–H and O–H groups in total. The lowest BCUT2D eigenvalue weighted by Gasteiger charge is -2.00. The van der Waals surface area contributed by atoms with Crippen molar-refractivity contribution in [2.75, 3.05) is 0 Å². The van der Waals surface area contributed by atoms with Crippen LogP contribution in [-0.2, 0) is 4.43 Å². The lowest BCUT2D eigenvalue weighted by Crippen LogP contribution is -1.85. The molecule has 1 aromatic carbocycles. The van der Waals surface area contributed by atoms with Gasteiger partial charge in [-0.05, 0) is 25.1 Å². The van der Waals surface area contributed by atoms with Gasteiger partial charge in [-0.1, -0.05) is 40.3 Å². The number of halogens is 1. The van der Waals surface area contributed by atoms with Crippen LogP contribution in [0.15, 0.2) is 30.3 Å². The van der Waals surface area contributed by atoms with Gasteiger partial charge in [-0.15, -0.1) is 0 Å². The van der Waals surface area contributed by atoms with Crippen LogP contribution in [0.3, 0.4) is 0 Å². The highest BCUT2D eigenvalue weighted by Gasteiger charge is 1.96. The summed E-state index contributed by atoms with van der Waals surface area (Å²) in [6.07, 6.45) is 0. The van der Waals surface area contributed by atoms with Crippen molar-refractivity contribution in [3.05, 3.63) is 41.6 Å². The van der Waals surface area contributed by atoms with E-state index in [0.29, 0.717) is 0 Å². The second-order valence-electron chi connectivity index (χ2n) is 3.13. The quantitative estimate of drug-likeness (QED) is 0.577. The number of aryl methyl sites for hydroxylation is 1. The Bertz CT molecular complexity index is 437. The second kappa shape index (κ2) is 3.62. The first kappa shape index (κ1) is 8.94. The van der Waals surface area contributed by atoms with Crippen molar-refractivity contribution < 1.29 is 0 Å². The predicted octanol–water partition coefficient (Wildman–Crippen LogP) is 3.48. The molecular formula is C11H10IN. The molecule has 0 spiro atoms. The Labute approximate surface area is 91.3 Å². The summed E-state index contributed by atoms with van der Waals surface area (Å²) in [5.74, 6) is 0. The zero-order valence-corrected chi connectivity index (χ0v) is 9.58. The minimum absolute atomic E-state index is 0.974. The van der Waals surface area contributed by atoms with Gasteiger partial charge < -0.3 is 0 Å². The van der Waals surface area contributed by atoms with Crippen LogP contribution in [0, 0.1) is 6.92 Å². The van der Waals surface area contributed by atoms with E-state index < -0.39 is 0 Å². The van der Waals surface area contributed by atoms with Gasteiger partial charge in [0.05, 0.1) is 11.2 Å². The van der Waals surface area contributed by atoms with Crippen LogP contribution in [0.2, 0.25) is 0 Å². The number of hydrogen-bond donors (Lipinski definition) is 0. The number of fused-ring (bicyclic) bond motifs is 1. The summed E-state index contributed by atoms with van der Waals surface area (Å²) in [6.45, 7) is 2.10. The molecule has 0 amide bonds. The smallest absolute Gasteiger partial charge is 0.0705 e. The van der Waals surface area contributed by atoms with Gasteiger partial charge in [-0.25, -0.2) is 0 Å². The summed E-state index contributed by atoms with van der Waals surface area (Å²) in [5, 5.41) is 1.23. The molecule has 1 heterocycles. The maximum absolute atomic E-state index is 4.53. The Morgan fingerprint density at radius 3 is 2.85 bits per heavy atom. The van der Waals surface area contributed by atoms with Gasteiger partial charge in [0.15, 0.2) is 0 Å². The third-order valence-electron chi connectivity index (χ3n) is 2.04. The van der Waals surface area contributed by atoms with Crippen LogP contribution >= 0.6 is 22.6 Å². The summed E-state index contributed by atoms with van der Waals surface area (Å²) >= 11 is 2.33. The molecule has 1 nitrogen and oxygen atoms in total. The highest BCUT2D eigenvalue weighted by Crippen LogP contribution is 2.15. The molecule has 0 atom stereocenters. The largest absolute Gasteiger partial charge is 0.252 e. The molecule has 0 saturated carbocycles. The Hall–Kier alpha value is -0.640. The van der Waals surface area contributed by atoms with Gasteiger partial charge in [-0.3, -0.25) is 4.98 Å². The fraction of sp³-hybridized carbons (Fsp3) is 0.182. The Kier molecular flexibility index (Phi) is 2.49. The third kappa shape index (κ3) is 1.82. The first-order valence-electron chi connectivity index (χ1n) is 4.22. The van der Waals surface area contributed by atoms with Crippen LogP contribution in [0.25, 0.3) is 10.9 Å². The fourth-order valence-corrected chi connectivity index (χ4v) is 1.79. The van der Waals surface area contributed by atoms with E-state index in [0.717, 1.165) is 15.6 Å². The summed E-state index contributed by atoms with van der Waals surface area (Å²) in [6, 6.07) is 10.6. The van der Waals surface area contributed by atoms with E-state index in [1.165, 1.54) is 10.9 Å². The minimum Gasteiger partial charge on any atom is -0.252 e. The Morgan fingerprint density at radius 1 is 1.23 bits per heavy atom. The van der Waals surface area contributed by atoms with Crippen molar-refractivity contribution in [3.63, 3.8) is 0 Å². The molecule has 0 aliphatic carbocycles. The summed E-state index contributed by atoms with van der Waals surface area (Å²) in [4.78, 5) is 4.53. The topological polar surface area (TPSA) is 12.9 Å². The van der Waals surface area contributed by atoms with Gasteiger partial charge >= 0.3 is 0 Å². The number of rotatable bonds is 1. The zero-order valence-electron chi connectivity index (χ0n) is 7.42. The number of pyridine rings is 1. The summed E-state index contributed by atoms with van der Waals surface area (Å²) in [5.41, 5.74) is 3.54. The van der Waals surface area contributed by atoms with Crippen LogP contribution < -0.4 is 0 Å².